The third-order valence-corrected chi connectivity index (χ3v) is 6.10. The summed E-state index contributed by atoms with van der Waals surface area (Å²) in [5, 5.41) is 2.99. The predicted octanol–water partition coefficient (Wildman–Crippen LogP) is 4.06. The summed E-state index contributed by atoms with van der Waals surface area (Å²) < 4.78 is 33.3. The topological polar surface area (TPSA) is 93.4 Å². The molecule has 3 N–H and O–H groups in total. The highest BCUT2D eigenvalue weighted by molar-refractivity contribution is 6.31. The van der Waals surface area contributed by atoms with E-state index in [9.17, 15) is 13.6 Å². The van der Waals surface area contributed by atoms with Crippen molar-refractivity contribution in [2.75, 3.05) is 18.8 Å². The van der Waals surface area contributed by atoms with Gasteiger partial charge in [0.05, 0.1) is 16.9 Å². The van der Waals surface area contributed by atoms with E-state index in [2.05, 4.69) is 15.3 Å². The Balaban J connectivity index is 1.57. The SMILES string of the molecule is CC1CN(C(=O)c2cccc(-c3cnc(N)c(OCc4c(F)ccc(F)c4Cl)n3)c2)C(C)CN1. The number of piperazine rings is 1. The molecule has 0 saturated carbocycles. The normalized spacial score (nSPS) is 18.1. The molecule has 0 spiro atoms. The minimum absolute atomic E-state index is 0.0208. The van der Waals surface area contributed by atoms with Gasteiger partial charge in [-0.1, -0.05) is 23.7 Å². The van der Waals surface area contributed by atoms with Crippen LogP contribution in [0.2, 0.25) is 5.02 Å². The van der Waals surface area contributed by atoms with E-state index in [-0.39, 0.29) is 46.9 Å². The van der Waals surface area contributed by atoms with Gasteiger partial charge in [0.15, 0.2) is 5.82 Å². The summed E-state index contributed by atoms with van der Waals surface area (Å²) >= 11 is 5.86. The molecule has 1 fully saturated rings. The molecule has 1 saturated heterocycles. The van der Waals surface area contributed by atoms with Crippen LogP contribution in [0.25, 0.3) is 11.3 Å². The Bertz CT molecular complexity index is 1230. The molecule has 2 aromatic carbocycles. The molecule has 2 unspecified atom stereocenters. The minimum atomic E-state index is -0.760. The summed E-state index contributed by atoms with van der Waals surface area (Å²) in [6.07, 6.45) is 1.46. The molecule has 178 valence electrons. The Morgan fingerprint density at radius 1 is 1.26 bits per heavy atom. The number of anilines is 1. The lowest BCUT2D eigenvalue weighted by molar-refractivity contribution is 0.0616. The van der Waals surface area contributed by atoms with E-state index in [1.165, 1.54) is 6.20 Å². The molecule has 1 aromatic heterocycles. The van der Waals surface area contributed by atoms with Gasteiger partial charge in [-0.2, -0.15) is 0 Å². The molecular formula is C24H24ClF2N5O2. The zero-order valence-corrected chi connectivity index (χ0v) is 19.4. The van der Waals surface area contributed by atoms with Crippen LogP contribution in [0.3, 0.4) is 0 Å². The van der Waals surface area contributed by atoms with Crippen LogP contribution in [0.15, 0.2) is 42.6 Å². The van der Waals surface area contributed by atoms with E-state index in [1.807, 2.05) is 18.7 Å². The zero-order valence-electron chi connectivity index (χ0n) is 18.7. The predicted molar refractivity (Wildman–Crippen MR) is 126 cm³/mol. The fraction of sp³-hybridized carbons (Fsp3) is 0.292. The van der Waals surface area contributed by atoms with Crippen LogP contribution in [0.4, 0.5) is 14.6 Å². The molecule has 0 aliphatic carbocycles. The van der Waals surface area contributed by atoms with Crippen molar-refractivity contribution in [2.45, 2.75) is 32.5 Å². The lowest BCUT2D eigenvalue weighted by Crippen LogP contribution is -2.56. The van der Waals surface area contributed by atoms with Crippen LogP contribution < -0.4 is 15.8 Å². The second-order valence-electron chi connectivity index (χ2n) is 8.25. The Kier molecular flexibility index (Phi) is 6.95. The van der Waals surface area contributed by atoms with Gasteiger partial charge in [0, 0.05) is 41.9 Å². The van der Waals surface area contributed by atoms with Gasteiger partial charge in [-0.05, 0) is 38.1 Å². The second-order valence-corrected chi connectivity index (χ2v) is 8.63. The standard InChI is InChI=1S/C24H24ClF2N5O2/c1-13-11-32(14(2)9-29-13)24(33)16-5-3-4-15(8-16)20-10-30-22(28)23(31-20)34-12-17-18(26)6-7-19(27)21(17)25/h3-8,10,13-14,29H,9,11-12H2,1-2H3,(H2,28,30). The molecule has 2 atom stereocenters. The number of nitrogens with one attached hydrogen (secondary N) is 1. The first kappa shape index (κ1) is 23.8. The van der Waals surface area contributed by atoms with Gasteiger partial charge in [-0.15, -0.1) is 0 Å². The average Bonchev–Trinajstić information content (AvgIpc) is 2.83. The van der Waals surface area contributed by atoms with E-state index in [1.54, 1.807) is 24.3 Å². The van der Waals surface area contributed by atoms with E-state index in [0.29, 0.717) is 23.4 Å². The number of hydrogen-bond donors (Lipinski definition) is 2. The third-order valence-electron chi connectivity index (χ3n) is 5.69. The van der Waals surface area contributed by atoms with Crippen LogP contribution in [0.5, 0.6) is 5.88 Å². The highest BCUT2D eigenvalue weighted by Crippen LogP contribution is 2.28. The quantitative estimate of drug-likeness (QED) is 0.527. The van der Waals surface area contributed by atoms with Crippen molar-refractivity contribution in [1.29, 1.82) is 0 Å². The van der Waals surface area contributed by atoms with Crippen molar-refractivity contribution in [3.8, 4) is 17.1 Å². The van der Waals surface area contributed by atoms with Crippen molar-refractivity contribution < 1.29 is 18.3 Å². The Morgan fingerprint density at radius 2 is 2.03 bits per heavy atom. The summed E-state index contributed by atoms with van der Waals surface area (Å²) in [4.78, 5) is 23.5. The summed E-state index contributed by atoms with van der Waals surface area (Å²) in [6.45, 7) is 5.00. The largest absolute Gasteiger partial charge is 0.470 e. The van der Waals surface area contributed by atoms with Gasteiger partial charge in [0.25, 0.3) is 11.8 Å². The lowest BCUT2D eigenvalue weighted by Gasteiger charge is -2.37. The first-order chi connectivity index (χ1) is 16.2. The van der Waals surface area contributed by atoms with Gasteiger partial charge in [0.2, 0.25) is 0 Å². The zero-order chi connectivity index (χ0) is 24.4. The number of rotatable bonds is 5. The molecule has 3 aromatic rings. The van der Waals surface area contributed by atoms with Crippen molar-refractivity contribution in [1.82, 2.24) is 20.2 Å². The van der Waals surface area contributed by atoms with Crippen LogP contribution in [-0.2, 0) is 6.61 Å². The maximum atomic E-state index is 14.1. The summed E-state index contributed by atoms with van der Waals surface area (Å²) in [5.74, 6) is -1.62. The molecule has 0 bridgehead atoms. The summed E-state index contributed by atoms with van der Waals surface area (Å²) in [6, 6.07) is 9.21. The minimum Gasteiger partial charge on any atom is -0.470 e. The number of nitrogens with zero attached hydrogens (tertiary/aromatic N) is 3. The number of aromatic nitrogens is 2. The number of nitrogen functional groups attached to an aromatic ring is 1. The molecule has 1 aliphatic heterocycles. The van der Waals surface area contributed by atoms with Crippen LogP contribution in [0, 0.1) is 11.6 Å². The van der Waals surface area contributed by atoms with Crippen molar-refractivity contribution in [3.05, 3.63) is 70.4 Å². The summed E-state index contributed by atoms with van der Waals surface area (Å²) in [7, 11) is 0. The van der Waals surface area contributed by atoms with Gasteiger partial charge >= 0.3 is 0 Å². The first-order valence-electron chi connectivity index (χ1n) is 10.8. The molecule has 0 radical (unpaired) electrons. The Hall–Kier alpha value is -3.30. The number of nitrogens with two attached hydrogens (primary N) is 1. The highest BCUT2D eigenvalue weighted by atomic mass is 35.5. The van der Waals surface area contributed by atoms with E-state index < -0.39 is 11.6 Å². The van der Waals surface area contributed by atoms with Crippen LogP contribution >= 0.6 is 11.6 Å². The number of amides is 1. The number of carbonyl (C=O) groups excluding carboxylic acids is 1. The van der Waals surface area contributed by atoms with Gasteiger partial charge in [-0.25, -0.2) is 18.7 Å². The molecule has 34 heavy (non-hydrogen) atoms. The molecular weight excluding hydrogens is 464 g/mol. The smallest absolute Gasteiger partial charge is 0.258 e. The molecule has 4 rings (SSSR count). The van der Waals surface area contributed by atoms with Gasteiger partial charge < -0.3 is 20.7 Å². The number of halogens is 3. The first-order valence-corrected chi connectivity index (χ1v) is 11.1. The molecule has 1 aliphatic rings. The fourth-order valence-electron chi connectivity index (χ4n) is 3.75. The van der Waals surface area contributed by atoms with Gasteiger partial charge in [0.1, 0.15) is 18.2 Å². The molecule has 1 amide bonds. The number of benzene rings is 2. The average molecular weight is 488 g/mol. The van der Waals surface area contributed by atoms with E-state index >= 15 is 0 Å². The highest BCUT2D eigenvalue weighted by Gasteiger charge is 2.27. The molecule has 7 nitrogen and oxygen atoms in total. The van der Waals surface area contributed by atoms with Crippen molar-refractivity contribution in [3.63, 3.8) is 0 Å². The maximum Gasteiger partial charge on any atom is 0.258 e. The number of carbonyl (C=O) groups is 1. The number of ether oxygens (including phenoxy) is 1. The van der Waals surface area contributed by atoms with Crippen LogP contribution in [0.1, 0.15) is 29.8 Å². The van der Waals surface area contributed by atoms with Gasteiger partial charge in [-0.3, -0.25) is 4.79 Å². The fourth-order valence-corrected chi connectivity index (χ4v) is 3.96. The Morgan fingerprint density at radius 3 is 2.82 bits per heavy atom. The maximum absolute atomic E-state index is 14.1. The number of hydrogen-bond acceptors (Lipinski definition) is 6. The van der Waals surface area contributed by atoms with Crippen molar-refractivity contribution in [2.24, 2.45) is 0 Å². The van der Waals surface area contributed by atoms with Crippen LogP contribution in [-0.4, -0.2) is 45.9 Å². The molecule has 2 heterocycles. The van der Waals surface area contributed by atoms with E-state index in [0.717, 1.165) is 18.7 Å². The van der Waals surface area contributed by atoms with Crippen molar-refractivity contribution >= 4 is 23.3 Å². The second kappa shape index (κ2) is 9.90. The third kappa shape index (κ3) is 4.95. The Labute approximate surface area is 200 Å². The lowest BCUT2D eigenvalue weighted by atomic mass is 10.0. The molecule has 10 heteroatoms. The van der Waals surface area contributed by atoms with E-state index in [4.69, 9.17) is 22.1 Å². The monoisotopic (exact) mass is 487 g/mol. The summed E-state index contributed by atoms with van der Waals surface area (Å²) in [5.41, 5.74) is 7.29.